The highest BCUT2D eigenvalue weighted by atomic mass is 35.5. The minimum Gasteiger partial charge on any atom is -0.468 e. The SMILES string of the molecule is COC(=O)C1=C(C)C=C(N2CCOCC2)[C@@H](C(=O)OC)[C@@H]1c1ccc(Cl)cc1. The van der Waals surface area contributed by atoms with Gasteiger partial charge in [-0.05, 0) is 36.3 Å². The highest BCUT2D eigenvalue weighted by Crippen LogP contribution is 2.44. The van der Waals surface area contributed by atoms with Crippen LogP contribution in [-0.4, -0.2) is 57.4 Å². The number of methoxy groups -OCH3 is 2. The molecule has 0 spiro atoms. The predicted octanol–water partition coefficient (Wildman–Crippen LogP) is 2.93. The summed E-state index contributed by atoms with van der Waals surface area (Å²) < 4.78 is 15.6. The normalized spacial score (nSPS) is 22.6. The van der Waals surface area contributed by atoms with E-state index in [1.165, 1.54) is 14.2 Å². The molecule has 0 saturated carbocycles. The molecule has 2 atom stereocenters. The number of nitrogens with zero attached hydrogens (tertiary/aromatic N) is 1. The molecule has 28 heavy (non-hydrogen) atoms. The number of benzene rings is 1. The molecule has 0 bridgehead atoms. The van der Waals surface area contributed by atoms with E-state index in [0.717, 1.165) is 16.8 Å². The van der Waals surface area contributed by atoms with Crippen molar-refractivity contribution in [3.8, 4) is 0 Å². The van der Waals surface area contributed by atoms with Gasteiger partial charge in [-0.1, -0.05) is 23.7 Å². The second-order valence-electron chi connectivity index (χ2n) is 6.79. The Labute approximate surface area is 169 Å². The molecule has 0 radical (unpaired) electrons. The second-order valence-corrected chi connectivity index (χ2v) is 7.22. The minimum atomic E-state index is -0.665. The molecule has 7 heteroatoms. The molecule has 1 fully saturated rings. The molecule has 1 aliphatic heterocycles. The summed E-state index contributed by atoms with van der Waals surface area (Å²) in [6, 6.07) is 7.17. The molecule has 2 aliphatic rings. The van der Waals surface area contributed by atoms with Gasteiger partial charge in [0.2, 0.25) is 0 Å². The largest absolute Gasteiger partial charge is 0.468 e. The number of carbonyl (C=O) groups excluding carboxylic acids is 2. The molecule has 1 aliphatic carbocycles. The Balaban J connectivity index is 2.17. The molecule has 6 nitrogen and oxygen atoms in total. The van der Waals surface area contributed by atoms with Crippen molar-refractivity contribution in [3.63, 3.8) is 0 Å². The third-order valence-corrected chi connectivity index (χ3v) is 5.47. The Morgan fingerprint density at radius 2 is 1.75 bits per heavy atom. The quantitative estimate of drug-likeness (QED) is 0.717. The molecular weight excluding hydrogens is 382 g/mol. The van der Waals surface area contributed by atoms with Crippen LogP contribution in [0, 0.1) is 5.92 Å². The lowest BCUT2D eigenvalue weighted by molar-refractivity contribution is -0.145. The van der Waals surface area contributed by atoms with Crippen molar-refractivity contribution >= 4 is 23.5 Å². The summed E-state index contributed by atoms with van der Waals surface area (Å²) in [5.74, 6) is -2.04. The van der Waals surface area contributed by atoms with Crippen LogP contribution in [-0.2, 0) is 23.8 Å². The van der Waals surface area contributed by atoms with Crippen molar-refractivity contribution in [3.05, 3.63) is 57.8 Å². The molecule has 0 amide bonds. The molecule has 150 valence electrons. The Morgan fingerprint density at radius 1 is 1.11 bits per heavy atom. The number of ether oxygens (including phenoxy) is 3. The van der Waals surface area contributed by atoms with Gasteiger partial charge >= 0.3 is 11.9 Å². The van der Waals surface area contributed by atoms with Crippen LogP contribution in [0.3, 0.4) is 0 Å². The van der Waals surface area contributed by atoms with Gasteiger partial charge in [0, 0.05) is 35.3 Å². The van der Waals surface area contributed by atoms with E-state index in [0.29, 0.717) is 36.9 Å². The van der Waals surface area contributed by atoms with Crippen molar-refractivity contribution in [1.82, 2.24) is 4.90 Å². The molecule has 0 unspecified atom stereocenters. The predicted molar refractivity (Wildman–Crippen MR) is 105 cm³/mol. The van der Waals surface area contributed by atoms with E-state index in [1.54, 1.807) is 12.1 Å². The molecule has 1 heterocycles. The minimum absolute atomic E-state index is 0.397. The van der Waals surface area contributed by atoms with Crippen LogP contribution < -0.4 is 0 Å². The molecule has 0 aromatic heterocycles. The maximum absolute atomic E-state index is 12.9. The van der Waals surface area contributed by atoms with Crippen LogP contribution in [0.1, 0.15) is 18.4 Å². The van der Waals surface area contributed by atoms with Crippen LogP contribution in [0.25, 0.3) is 0 Å². The first-order valence-electron chi connectivity index (χ1n) is 9.14. The van der Waals surface area contributed by atoms with Gasteiger partial charge in [-0.3, -0.25) is 4.79 Å². The van der Waals surface area contributed by atoms with E-state index in [2.05, 4.69) is 4.90 Å². The van der Waals surface area contributed by atoms with Gasteiger partial charge in [-0.25, -0.2) is 4.79 Å². The van der Waals surface area contributed by atoms with Crippen molar-refractivity contribution < 1.29 is 23.8 Å². The number of morpholine rings is 1. The molecule has 1 aromatic carbocycles. The highest BCUT2D eigenvalue weighted by molar-refractivity contribution is 6.30. The van der Waals surface area contributed by atoms with Crippen LogP contribution in [0.15, 0.2) is 47.2 Å². The zero-order chi connectivity index (χ0) is 20.3. The average Bonchev–Trinajstić information content (AvgIpc) is 2.73. The zero-order valence-corrected chi connectivity index (χ0v) is 17.0. The fourth-order valence-corrected chi connectivity index (χ4v) is 4.02. The van der Waals surface area contributed by atoms with Crippen LogP contribution in [0.5, 0.6) is 0 Å². The van der Waals surface area contributed by atoms with Crippen LogP contribution >= 0.6 is 11.6 Å². The van der Waals surface area contributed by atoms with Gasteiger partial charge in [0.1, 0.15) is 5.92 Å². The van der Waals surface area contributed by atoms with E-state index in [1.807, 2.05) is 25.1 Å². The number of hydrogen-bond donors (Lipinski definition) is 0. The van der Waals surface area contributed by atoms with Gasteiger partial charge < -0.3 is 19.1 Å². The molecule has 1 aromatic rings. The highest BCUT2D eigenvalue weighted by Gasteiger charge is 2.44. The Kier molecular flexibility index (Phi) is 6.42. The summed E-state index contributed by atoms with van der Waals surface area (Å²) in [5, 5.41) is 0.582. The first kappa shape index (κ1) is 20.4. The lowest BCUT2D eigenvalue weighted by Crippen LogP contribution is -2.43. The summed E-state index contributed by atoms with van der Waals surface area (Å²) >= 11 is 6.05. The van der Waals surface area contributed by atoms with E-state index >= 15 is 0 Å². The zero-order valence-electron chi connectivity index (χ0n) is 16.2. The van der Waals surface area contributed by atoms with E-state index in [-0.39, 0.29) is 0 Å². The number of halogens is 1. The summed E-state index contributed by atoms with van der Waals surface area (Å²) in [7, 11) is 2.71. The van der Waals surface area contributed by atoms with Gasteiger partial charge in [0.15, 0.2) is 0 Å². The third kappa shape index (κ3) is 3.93. The van der Waals surface area contributed by atoms with Gasteiger partial charge in [0.25, 0.3) is 0 Å². The maximum atomic E-state index is 12.9. The lowest BCUT2D eigenvalue weighted by atomic mass is 9.73. The smallest absolute Gasteiger partial charge is 0.334 e. The van der Waals surface area contributed by atoms with Gasteiger partial charge in [-0.15, -0.1) is 0 Å². The van der Waals surface area contributed by atoms with E-state index < -0.39 is 23.8 Å². The van der Waals surface area contributed by atoms with Crippen molar-refractivity contribution in [1.29, 1.82) is 0 Å². The standard InChI is InChI=1S/C21H24ClNO5/c1-13-12-16(23-8-10-28-11-9-23)19(21(25)27-3)18(17(13)20(24)26-2)14-4-6-15(22)7-5-14/h4-7,12,18-19H,8-11H2,1-3H3/t18-,19-/m1/s1. The van der Waals surface area contributed by atoms with Crippen molar-refractivity contribution in [2.75, 3.05) is 40.5 Å². The first-order chi connectivity index (χ1) is 13.5. The monoisotopic (exact) mass is 405 g/mol. The Hall–Kier alpha value is -2.31. The summed E-state index contributed by atoms with van der Waals surface area (Å²) in [6.07, 6.45) is 1.89. The molecule has 1 saturated heterocycles. The summed E-state index contributed by atoms with van der Waals surface area (Å²) in [4.78, 5) is 27.7. The number of hydrogen-bond acceptors (Lipinski definition) is 6. The van der Waals surface area contributed by atoms with Crippen LogP contribution in [0.4, 0.5) is 0 Å². The molecule has 3 rings (SSSR count). The average molecular weight is 406 g/mol. The topological polar surface area (TPSA) is 65.1 Å². The molecule has 0 N–H and O–H groups in total. The second kappa shape index (κ2) is 8.80. The number of esters is 2. The summed E-state index contributed by atoms with van der Waals surface area (Å²) in [6.45, 7) is 4.39. The number of rotatable bonds is 4. The van der Waals surface area contributed by atoms with E-state index in [9.17, 15) is 9.59 Å². The summed E-state index contributed by atoms with van der Waals surface area (Å²) in [5.41, 5.74) is 2.87. The van der Waals surface area contributed by atoms with Crippen LogP contribution in [0.2, 0.25) is 5.02 Å². The maximum Gasteiger partial charge on any atom is 0.334 e. The number of allylic oxidation sites excluding steroid dienone is 2. The van der Waals surface area contributed by atoms with Crippen molar-refractivity contribution in [2.24, 2.45) is 5.92 Å². The third-order valence-electron chi connectivity index (χ3n) is 5.22. The molecular formula is C21H24ClNO5. The fourth-order valence-electron chi connectivity index (χ4n) is 3.89. The Morgan fingerprint density at radius 3 is 2.32 bits per heavy atom. The van der Waals surface area contributed by atoms with Crippen molar-refractivity contribution in [2.45, 2.75) is 12.8 Å². The fraction of sp³-hybridized carbons (Fsp3) is 0.429. The number of carbonyl (C=O) groups is 2. The van der Waals surface area contributed by atoms with Gasteiger partial charge in [-0.2, -0.15) is 0 Å². The Bertz CT molecular complexity index is 809. The lowest BCUT2D eigenvalue weighted by Gasteiger charge is -2.40. The van der Waals surface area contributed by atoms with Gasteiger partial charge in [0.05, 0.1) is 27.4 Å². The first-order valence-corrected chi connectivity index (χ1v) is 9.52. The van der Waals surface area contributed by atoms with E-state index in [4.69, 9.17) is 25.8 Å².